The SMILES string of the molecule is COc1ccc([C@@H](CNC(=O)c2oc3c(C)c(C)ccc3c2C)N2CCOCC2)cc1. The lowest BCUT2D eigenvalue weighted by atomic mass is 10.0. The average molecular weight is 423 g/mol. The summed E-state index contributed by atoms with van der Waals surface area (Å²) in [7, 11) is 1.66. The van der Waals surface area contributed by atoms with E-state index >= 15 is 0 Å². The molecule has 0 unspecified atom stereocenters. The first-order valence-corrected chi connectivity index (χ1v) is 10.7. The second-order valence-electron chi connectivity index (χ2n) is 8.09. The normalized spacial score (nSPS) is 15.7. The van der Waals surface area contributed by atoms with Gasteiger partial charge in [-0.25, -0.2) is 0 Å². The van der Waals surface area contributed by atoms with Crippen molar-refractivity contribution in [3.8, 4) is 5.75 Å². The minimum absolute atomic E-state index is 0.0485. The quantitative estimate of drug-likeness (QED) is 0.646. The number of carbonyl (C=O) groups is 1. The van der Waals surface area contributed by atoms with Crippen LogP contribution in [0.25, 0.3) is 11.0 Å². The van der Waals surface area contributed by atoms with Crippen molar-refractivity contribution in [2.45, 2.75) is 26.8 Å². The van der Waals surface area contributed by atoms with E-state index in [0.29, 0.717) is 25.5 Å². The molecule has 2 heterocycles. The number of carbonyl (C=O) groups excluding carboxylic acids is 1. The molecule has 1 atom stereocenters. The van der Waals surface area contributed by atoms with Gasteiger partial charge in [-0.3, -0.25) is 9.69 Å². The van der Waals surface area contributed by atoms with Gasteiger partial charge in [0.2, 0.25) is 0 Å². The van der Waals surface area contributed by atoms with Crippen molar-refractivity contribution < 1.29 is 18.7 Å². The molecule has 2 aromatic carbocycles. The molecule has 6 nitrogen and oxygen atoms in total. The number of benzene rings is 2. The number of nitrogens with one attached hydrogen (secondary N) is 1. The highest BCUT2D eigenvalue weighted by atomic mass is 16.5. The number of hydrogen-bond acceptors (Lipinski definition) is 5. The van der Waals surface area contributed by atoms with Crippen LogP contribution in [0, 0.1) is 20.8 Å². The first-order chi connectivity index (χ1) is 15.0. The number of aryl methyl sites for hydroxylation is 3. The van der Waals surface area contributed by atoms with Crippen molar-refractivity contribution in [2.75, 3.05) is 40.0 Å². The van der Waals surface area contributed by atoms with Gasteiger partial charge in [0.1, 0.15) is 11.3 Å². The number of methoxy groups -OCH3 is 1. The summed E-state index contributed by atoms with van der Waals surface area (Å²) < 4.78 is 16.8. The van der Waals surface area contributed by atoms with Gasteiger partial charge in [-0.05, 0) is 49.6 Å². The van der Waals surface area contributed by atoms with E-state index in [2.05, 4.69) is 28.4 Å². The third kappa shape index (κ3) is 4.31. The fraction of sp³-hybridized carbons (Fsp3) is 0.400. The number of rotatable bonds is 6. The number of fused-ring (bicyclic) bond motifs is 1. The van der Waals surface area contributed by atoms with Crippen LogP contribution in [0.4, 0.5) is 0 Å². The third-order valence-corrected chi connectivity index (χ3v) is 6.27. The molecular formula is C25H30N2O4. The number of ether oxygens (including phenoxy) is 2. The Morgan fingerprint density at radius 2 is 1.77 bits per heavy atom. The summed E-state index contributed by atoms with van der Waals surface area (Å²) in [6.45, 7) is 9.56. The fourth-order valence-electron chi connectivity index (χ4n) is 4.18. The summed E-state index contributed by atoms with van der Waals surface area (Å²) in [6.07, 6.45) is 0. The topological polar surface area (TPSA) is 63.9 Å². The van der Waals surface area contributed by atoms with Crippen molar-refractivity contribution in [1.29, 1.82) is 0 Å². The molecule has 164 valence electrons. The van der Waals surface area contributed by atoms with Gasteiger partial charge in [0, 0.05) is 30.6 Å². The zero-order chi connectivity index (χ0) is 22.0. The Hall–Kier alpha value is -2.83. The van der Waals surface area contributed by atoms with Crippen molar-refractivity contribution in [3.05, 3.63) is 64.4 Å². The van der Waals surface area contributed by atoms with Crippen LogP contribution >= 0.6 is 0 Å². The third-order valence-electron chi connectivity index (χ3n) is 6.27. The molecule has 4 rings (SSSR count). The molecule has 1 saturated heterocycles. The number of morpholine rings is 1. The molecule has 1 aliphatic heterocycles. The van der Waals surface area contributed by atoms with Gasteiger partial charge in [-0.1, -0.05) is 24.3 Å². The van der Waals surface area contributed by atoms with Crippen LogP contribution in [0.3, 0.4) is 0 Å². The van der Waals surface area contributed by atoms with Crippen LogP contribution in [0.1, 0.15) is 38.9 Å². The van der Waals surface area contributed by atoms with Gasteiger partial charge in [0.15, 0.2) is 5.76 Å². The maximum absolute atomic E-state index is 13.1. The van der Waals surface area contributed by atoms with Crippen molar-refractivity contribution in [1.82, 2.24) is 10.2 Å². The van der Waals surface area contributed by atoms with E-state index in [-0.39, 0.29) is 11.9 Å². The Balaban J connectivity index is 1.56. The van der Waals surface area contributed by atoms with E-state index in [9.17, 15) is 4.79 Å². The fourth-order valence-corrected chi connectivity index (χ4v) is 4.18. The smallest absolute Gasteiger partial charge is 0.287 e. The summed E-state index contributed by atoms with van der Waals surface area (Å²) >= 11 is 0. The zero-order valence-electron chi connectivity index (χ0n) is 18.7. The lowest BCUT2D eigenvalue weighted by molar-refractivity contribution is 0.0161. The summed E-state index contributed by atoms with van der Waals surface area (Å²) in [4.78, 5) is 15.4. The van der Waals surface area contributed by atoms with Gasteiger partial charge >= 0.3 is 0 Å². The van der Waals surface area contributed by atoms with Gasteiger partial charge in [0.25, 0.3) is 5.91 Å². The first-order valence-electron chi connectivity index (χ1n) is 10.7. The molecule has 1 aliphatic rings. The van der Waals surface area contributed by atoms with E-state index in [1.807, 2.05) is 39.0 Å². The summed E-state index contributed by atoms with van der Waals surface area (Å²) in [6, 6.07) is 12.2. The first kappa shape index (κ1) is 21.4. The van der Waals surface area contributed by atoms with Crippen LogP contribution in [0.15, 0.2) is 40.8 Å². The van der Waals surface area contributed by atoms with Crippen LogP contribution in [-0.4, -0.2) is 50.8 Å². The lowest BCUT2D eigenvalue weighted by Crippen LogP contribution is -2.43. The van der Waals surface area contributed by atoms with Crippen LogP contribution in [-0.2, 0) is 4.74 Å². The molecule has 1 amide bonds. The zero-order valence-corrected chi connectivity index (χ0v) is 18.7. The number of amides is 1. The molecule has 6 heteroatoms. The Morgan fingerprint density at radius 1 is 1.06 bits per heavy atom. The number of furan rings is 1. The average Bonchev–Trinajstić information content (AvgIpc) is 3.14. The predicted molar refractivity (Wildman–Crippen MR) is 121 cm³/mol. The Bertz CT molecular complexity index is 1070. The van der Waals surface area contributed by atoms with Gasteiger partial charge < -0.3 is 19.2 Å². The molecule has 0 radical (unpaired) electrons. The molecule has 1 N–H and O–H groups in total. The standard InChI is InChI=1S/C25H30N2O4/c1-16-5-10-21-18(3)24(31-23(21)17(16)2)25(28)26-15-22(27-11-13-30-14-12-27)19-6-8-20(29-4)9-7-19/h5-10,22H,11-15H2,1-4H3,(H,26,28)/t22-/m1/s1. The minimum atomic E-state index is -0.183. The molecule has 1 aromatic heterocycles. The number of hydrogen-bond donors (Lipinski definition) is 1. The number of nitrogens with zero attached hydrogens (tertiary/aromatic N) is 1. The van der Waals surface area contributed by atoms with E-state index in [1.54, 1.807) is 7.11 Å². The Morgan fingerprint density at radius 3 is 2.45 bits per heavy atom. The van der Waals surface area contributed by atoms with Gasteiger partial charge in [0.05, 0.1) is 26.4 Å². The minimum Gasteiger partial charge on any atom is -0.497 e. The summed E-state index contributed by atoms with van der Waals surface area (Å²) in [5, 5.41) is 4.11. The molecule has 0 spiro atoms. The van der Waals surface area contributed by atoms with Crippen molar-refractivity contribution in [3.63, 3.8) is 0 Å². The van der Waals surface area contributed by atoms with Crippen LogP contribution in [0.5, 0.6) is 5.75 Å². The lowest BCUT2D eigenvalue weighted by Gasteiger charge is -2.35. The molecule has 0 saturated carbocycles. The van der Waals surface area contributed by atoms with Crippen LogP contribution in [0.2, 0.25) is 0 Å². The largest absolute Gasteiger partial charge is 0.497 e. The molecule has 31 heavy (non-hydrogen) atoms. The second-order valence-corrected chi connectivity index (χ2v) is 8.09. The summed E-state index contributed by atoms with van der Waals surface area (Å²) in [5.41, 5.74) is 5.03. The van der Waals surface area contributed by atoms with E-state index in [4.69, 9.17) is 13.9 Å². The highest BCUT2D eigenvalue weighted by Crippen LogP contribution is 2.30. The molecular weight excluding hydrogens is 392 g/mol. The van der Waals surface area contributed by atoms with E-state index in [1.165, 1.54) is 0 Å². The van der Waals surface area contributed by atoms with Gasteiger partial charge in [-0.15, -0.1) is 0 Å². The van der Waals surface area contributed by atoms with Gasteiger partial charge in [-0.2, -0.15) is 0 Å². The molecule has 0 aliphatic carbocycles. The summed E-state index contributed by atoms with van der Waals surface area (Å²) in [5.74, 6) is 1.02. The van der Waals surface area contributed by atoms with E-state index < -0.39 is 0 Å². The monoisotopic (exact) mass is 422 g/mol. The van der Waals surface area contributed by atoms with Crippen molar-refractivity contribution in [2.24, 2.45) is 0 Å². The highest BCUT2D eigenvalue weighted by molar-refractivity contribution is 5.99. The van der Waals surface area contributed by atoms with Crippen LogP contribution < -0.4 is 10.1 Å². The Kier molecular flexibility index (Phi) is 6.30. The predicted octanol–water partition coefficient (Wildman–Crippen LogP) is 4.17. The van der Waals surface area contributed by atoms with Crippen molar-refractivity contribution >= 4 is 16.9 Å². The molecule has 1 fully saturated rings. The highest BCUT2D eigenvalue weighted by Gasteiger charge is 2.25. The maximum atomic E-state index is 13.1. The van der Waals surface area contributed by atoms with E-state index in [0.717, 1.165) is 52.1 Å². The molecule has 0 bridgehead atoms. The maximum Gasteiger partial charge on any atom is 0.287 e. The Labute approximate surface area is 183 Å². The second kappa shape index (κ2) is 9.12. The molecule has 3 aromatic rings.